The maximum atomic E-state index is 12.5. The van der Waals surface area contributed by atoms with Crippen molar-refractivity contribution in [1.29, 1.82) is 0 Å². The Balaban J connectivity index is 3.31. The van der Waals surface area contributed by atoms with Gasteiger partial charge in [0, 0.05) is 12.8 Å². The third kappa shape index (κ3) is 62.1. The third-order valence-corrected chi connectivity index (χ3v) is 16.9. The summed E-state index contributed by atoms with van der Waals surface area (Å²) in [5.41, 5.74) is 0. The first-order chi connectivity index (χ1) is 37.5. The number of carbonyl (C=O) groups is 2. The number of unbranched alkanes of at least 4 members (excludes halogenated alkanes) is 56. The maximum absolute atomic E-state index is 12.5. The highest BCUT2D eigenvalue weighted by Crippen LogP contribution is 2.20. The van der Waals surface area contributed by atoms with Crippen molar-refractivity contribution in [2.45, 2.75) is 424 Å². The van der Waals surface area contributed by atoms with Crippen LogP contribution in [0.3, 0.4) is 0 Å². The summed E-state index contributed by atoms with van der Waals surface area (Å²) in [6.07, 6.45) is 80.1. The maximum Gasteiger partial charge on any atom is 0.305 e. The predicted molar refractivity (Wildman–Crippen MR) is 334 cm³/mol. The van der Waals surface area contributed by atoms with Crippen LogP contribution in [0.15, 0.2) is 0 Å². The number of ether oxygens (including phenoxy) is 1. The lowest BCUT2D eigenvalue weighted by Crippen LogP contribution is -2.45. The van der Waals surface area contributed by atoms with Crippen molar-refractivity contribution in [2.75, 3.05) is 13.2 Å². The molecule has 0 radical (unpaired) electrons. The van der Waals surface area contributed by atoms with E-state index in [9.17, 15) is 19.8 Å². The number of nitrogens with one attached hydrogen (secondary N) is 1. The second kappa shape index (κ2) is 66.4. The van der Waals surface area contributed by atoms with Gasteiger partial charge in [0.2, 0.25) is 5.91 Å². The van der Waals surface area contributed by atoms with E-state index in [-0.39, 0.29) is 18.5 Å². The molecule has 0 saturated heterocycles. The molecule has 454 valence electrons. The summed E-state index contributed by atoms with van der Waals surface area (Å²) in [6.45, 7) is 5.00. The largest absolute Gasteiger partial charge is 0.466 e. The Hall–Kier alpha value is -1.14. The van der Waals surface area contributed by atoms with Gasteiger partial charge in [-0.05, 0) is 25.7 Å². The molecule has 0 aromatic carbocycles. The number of aliphatic hydroxyl groups excluding tert-OH is 2. The Morgan fingerprint density at radius 2 is 0.539 bits per heavy atom. The highest BCUT2D eigenvalue weighted by molar-refractivity contribution is 5.76. The summed E-state index contributed by atoms with van der Waals surface area (Å²) in [6, 6.07) is -0.538. The van der Waals surface area contributed by atoms with Crippen molar-refractivity contribution in [3.8, 4) is 0 Å². The van der Waals surface area contributed by atoms with Crippen LogP contribution in [0.2, 0.25) is 0 Å². The molecule has 1 amide bonds. The molecular formula is C70H139NO5. The molecule has 0 aliphatic rings. The van der Waals surface area contributed by atoms with Crippen LogP contribution in [0.5, 0.6) is 0 Å². The van der Waals surface area contributed by atoms with Crippen molar-refractivity contribution >= 4 is 11.9 Å². The Morgan fingerprint density at radius 1 is 0.316 bits per heavy atom. The molecule has 0 heterocycles. The first-order valence-corrected chi connectivity index (χ1v) is 35.3. The normalized spacial score (nSPS) is 12.4. The molecule has 2 atom stereocenters. The van der Waals surface area contributed by atoms with Gasteiger partial charge in [0.25, 0.3) is 0 Å². The van der Waals surface area contributed by atoms with Gasteiger partial charge in [0.05, 0.1) is 25.4 Å². The minimum absolute atomic E-state index is 0.0233. The first-order valence-electron chi connectivity index (χ1n) is 35.3. The van der Waals surface area contributed by atoms with Crippen LogP contribution in [0.4, 0.5) is 0 Å². The zero-order valence-electron chi connectivity index (χ0n) is 52.0. The smallest absolute Gasteiger partial charge is 0.305 e. The van der Waals surface area contributed by atoms with Crippen LogP contribution in [-0.4, -0.2) is 47.4 Å². The van der Waals surface area contributed by atoms with Gasteiger partial charge in [0.1, 0.15) is 0 Å². The van der Waals surface area contributed by atoms with Crippen LogP contribution < -0.4 is 5.32 Å². The fourth-order valence-corrected chi connectivity index (χ4v) is 11.5. The highest BCUT2D eigenvalue weighted by atomic mass is 16.5. The molecule has 3 N–H and O–H groups in total. The minimum Gasteiger partial charge on any atom is -0.466 e. The van der Waals surface area contributed by atoms with E-state index >= 15 is 0 Å². The molecule has 0 spiro atoms. The first kappa shape index (κ1) is 74.9. The molecule has 0 aromatic rings. The number of aliphatic hydroxyl groups is 2. The zero-order chi connectivity index (χ0) is 55.0. The SMILES string of the molecule is CCCCCCCCCCCCCCCCCCCC(=O)OCCCCCCCCCCCCCCCCCCCCCCCCCCCCCC(=O)NC(CO)C(O)CCCCCCCCCCCCCCCCC. The molecule has 2 unspecified atom stereocenters. The summed E-state index contributed by atoms with van der Waals surface area (Å²) in [5, 5.41) is 23.3. The van der Waals surface area contributed by atoms with E-state index in [1.54, 1.807) is 0 Å². The lowest BCUT2D eigenvalue weighted by atomic mass is 10.0. The highest BCUT2D eigenvalue weighted by Gasteiger charge is 2.20. The van der Waals surface area contributed by atoms with Crippen molar-refractivity contribution in [3.05, 3.63) is 0 Å². The molecule has 0 aliphatic carbocycles. The number of hydrogen-bond donors (Lipinski definition) is 3. The van der Waals surface area contributed by atoms with Crippen LogP contribution in [0.25, 0.3) is 0 Å². The topological polar surface area (TPSA) is 95.9 Å². The van der Waals surface area contributed by atoms with Crippen molar-refractivity contribution in [1.82, 2.24) is 5.32 Å². The fourth-order valence-electron chi connectivity index (χ4n) is 11.5. The van der Waals surface area contributed by atoms with Crippen molar-refractivity contribution in [2.24, 2.45) is 0 Å². The predicted octanol–water partition coefficient (Wildman–Crippen LogP) is 22.6. The van der Waals surface area contributed by atoms with Crippen LogP contribution in [-0.2, 0) is 14.3 Å². The van der Waals surface area contributed by atoms with E-state index in [2.05, 4.69) is 19.2 Å². The number of esters is 1. The summed E-state index contributed by atoms with van der Waals surface area (Å²) < 4.78 is 5.51. The summed E-state index contributed by atoms with van der Waals surface area (Å²) >= 11 is 0. The molecule has 0 aromatic heterocycles. The van der Waals surface area contributed by atoms with E-state index in [0.717, 1.165) is 38.5 Å². The van der Waals surface area contributed by atoms with Gasteiger partial charge in [-0.25, -0.2) is 0 Å². The number of rotatable bonds is 67. The second-order valence-corrected chi connectivity index (χ2v) is 24.6. The molecule has 0 aliphatic heterocycles. The van der Waals surface area contributed by atoms with E-state index in [4.69, 9.17) is 4.74 Å². The second-order valence-electron chi connectivity index (χ2n) is 24.6. The molecule has 0 saturated carbocycles. The molecule has 0 bridgehead atoms. The number of hydrogen-bond acceptors (Lipinski definition) is 5. The van der Waals surface area contributed by atoms with E-state index in [0.29, 0.717) is 25.9 Å². The van der Waals surface area contributed by atoms with Gasteiger partial charge in [-0.3, -0.25) is 9.59 Å². The van der Waals surface area contributed by atoms with E-state index in [1.165, 1.54) is 340 Å². The monoisotopic (exact) mass is 1070 g/mol. The Morgan fingerprint density at radius 3 is 0.803 bits per heavy atom. The average Bonchev–Trinajstić information content (AvgIpc) is 3.42. The summed E-state index contributed by atoms with van der Waals surface area (Å²) in [5.74, 6) is -0.00513. The van der Waals surface area contributed by atoms with Gasteiger partial charge in [-0.2, -0.15) is 0 Å². The molecule has 6 heteroatoms. The lowest BCUT2D eigenvalue weighted by Gasteiger charge is -2.22. The number of amides is 1. The van der Waals surface area contributed by atoms with Crippen molar-refractivity contribution in [3.63, 3.8) is 0 Å². The van der Waals surface area contributed by atoms with Crippen LogP contribution in [0.1, 0.15) is 412 Å². The van der Waals surface area contributed by atoms with Gasteiger partial charge < -0.3 is 20.3 Å². The van der Waals surface area contributed by atoms with Crippen LogP contribution >= 0.6 is 0 Å². The molecule has 0 rings (SSSR count). The molecule has 6 nitrogen and oxygen atoms in total. The Kier molecular flexibility index (Phi) is 65.4. The van der Waals surface area contributed by atoms with Gasteiger partial charge in [0.15, 0.2) is 0 Å². The van der Waals surface area contributed by atoms with Gasteiger partial charge in [-0.1, -0.05) is 373 Å². The average molecular weight is 1070 g/mol. The Bertz CT molecular complexity index is 1100. The number of carbonyl (C=O) groups excluding carboxylic acids is 2. The standard InChI is InChI=1S/C70H139NO5/c1-3-5-7-9-11-13-15-17-19-31-36-40-44-48-52-56-60-64-70(75)76-65-61-57-53-49-45-41-37-33-30-28-26-24-22-20-21-23-25-27-29-32-35-39-43-47-51-55-59-63-69(74)71-67(66-72)68(73)62-58-54-50-46-42-38-34-18-16-14-12-10-8-6-4-2/h67-68,72-73H,3-66H2,1-2H3,(H,71,74). The van der Waals surface area contributed by atoms with Gasteiger partial charge >= 0.3 is 5.97 Å². The van der Waals surface area contributed by atoms with Gasteiger partial charge in [-0.15, -0.1) is 0 Å². The van der Waals surface area contributed by atoms with E-state index in [1.807, 2.05) is 0 Å². The summed E-state index contributed by atoms with van der Waals surface area (Å²) in [7, 11) is 0. The molecule has 76 heavy (non-hydrogen) atoms. The quantitative estimate of drug-likeness (QED) is 0.0417. The summed E-state index contributed by atoms with van der Waals surface area (Å²) in [4.78, 5) is 24.6. The minimum atomic E-state index is -0.661. The van der Waals surface area contributed by atoms with E-state index < -0.39 is 12.1 Å². The Labute approximate surface area is 476 Å². The molecule has 0 fully saturated rings. The fraction of sp³-hybridized carbons (Fsp3) is 0.971. The zero-order valence-corrected chi connectivity index (χ0v) is 52.0. The van der Waals surface area contributed by atoms with Crippen molar-refractivity contribution < 1.29 is 24.5 Å². The third-order valence-electron chi connectivity index (χ3n) is 16.9. The molecular weight excluding hydrogens is 935 g/mol. The lowest BCUT2D eigenvalue weighted by molar-refractivity contribution is -0.143. The van der Waals surface area contributed by atoms with Crippen LogP contribution in [0, 0.1) is 0 Å².